The average Bonchev–Trinajstić information content (AvgIpc) is 2.97. The molecule has 0 spiro atoms. The van der Waals surface area contributed by atoms with Crippen LogP contribution in [0.4, 0.5) is 4.79 Å². The maximum absolute atomic E-state index is 11.8. The molecule has 2 unspecified atom stereocenters. The van der Waals surface area contributed by atoms with Gasteiger partial charge in [0.15, 0.2) is 0 Å². The Labute approximate surface area is 162 Å². The first-order chi connectivity index (χ1) is 11.5. The zero-order chi connectivity index (χ0) is 20.6. The fourth-order valence-corrected chi connectivity index (χ4v) is 4.05. The van der Waals surface area contributed by atoms with Crippen LogP contribution in [0.2, 0.25) is 0 Å². The number of likely N-dealkylation sites (tertiary alicyclic amines) is 1. The molecule has 2 heterocycles. The van der Waals surface area contributed by atoms with Crippen molar-refractivity contribution in [2.75, 3.05) is 7.11 Å². The molecular formula is C22H43NO3. The number of rotatable bonds is 0. The minimum Gasteiger partial charge on any atom is -0.453 e. The first kappa shape index (κ1) is 23.3. The topological polar surface area (TPSA) is 38.8 Å². The molecule has 1 amide bonds. The maximum atomic E-state index is 11.8. The van der Waals surface area contributed by atoms with Gasteiger partial charge in [-0.05, 0) is 64.2 Å². The van der Waals surface area contributed by atoms with E-state index in [-0.39, 0.29) is 28.7 Å². The van der Waals surface area contributed by atoms with Crippen LogP contribution < -0.4 is 0 Å². The van der Waals surface area contributed by atoms with E-state index in [0.29, 0.717) is 11.5 Å². The standard InChI is InChI=1S/C12H23NO2.C10H20O/c1-11(2,3)9-7-8-12(4,5)13(9)10(14)15-6;1-9(2,3)8-6-7-10(4,5)11-8/h9H,7-8H2,1-6H3;8H,6-7H2,1-5H3. The third-order valence-corrected chi connectivity index (χ3v) is 5.80. The number of methoxy groups -OCH3 is 1. The van der Waals surface area contributed by atoms with Gasteiger partial charge in [-0.3, -0.25) is 4.90 Å². The lowest BCUT2D eigenvalue weighted by molar-refractivity contribution is -0.0604. The largest absolute Gasteiger partial charge is 0.453 e. The van der Waals surface area contributed by atoms with Gasteiger partial charge in [0.05, 0.1) is 18.8 Å². The molecule has 0 bridgehead atoms. The van der Waals surface area contributed by atoms with Crippen LogP contribution in [0, 0.1) is 10.8 Å². The molecule has 2 aliphatic heterocycles. The number of hydrogen-bond donors (Lipinski definition) is 0. The zero-order valence-corrected chi connectivity index (χ0v) is 19.2. The van der Waals surface area contributed by atoms with Crippen molar-refractivity contribution >= 4 is 6.09 Å². The maximum Gasteiger partial charge on any atom is 0.410 e. The van der Waals surface area contributed by atoms with Crippen LogP contribution in [0.3, 0.4) is 0 Å². The summed E-state index contributed by atoms with van der Waals surface area (Å²) in [4.78, 5) is 13.7. The lowest BCUT2D eigenvalue weighted by Gasteiger charge is -2.40. The van der Waals surface area contributed by atoms with E-state index in [1.165, 1.54) is 20.0 Å². The summed E-state index contributed by atoms with van der Waals surface area (Å²) >= 11 is 0. The number of carbonyl (C=O) groups excluding carboxylic acids is 1. The molecule has 2 atom stereocenters. The highest BCUT2D eigenvalue weighted by Gasteiger charge is 2.47. The van der Waals surface area contributed by atoms with Crippen molar-refractivity contribution in [2.24, 2.45) is 10.8 Å². The van der Waals surface area contributed by atoms with Gasteiger partial charge in [-0.25, -0.2) is 4.79 Å². The van der Waals surface area contributed by atoms with E-state index in [0.717, 1.165) is 12.8 Å². The van der Waals surface area contributed by atoms with Crippen molar-refractivity contribution in [3.05, 3.63) is 0 Å². The molecule has 26 heavy (non-hydrogen) atoms. The molecule has 0 aliphatic carbocycles. The molecule has 0 saturated carbocycles. The molecule has 0 aromatic rings. The van der Waals surface area contributed by atoms with E-state index in [9.17, 15) is 4.79 Å². The van der Waals surface area contributed by atoms with Crippen molar-refractivity contribution in [3.63, 3.8) is 0 Å². The Morgan fingerprint density at radius 3 is 1.81 bits per heavy atom. The molecule has 0 aromatic heterocycles. The lowest BCUT2D eigenvalue weighted by atomic mass is 9.85. The molecule has 2 fully saturated rings. The van der Waals surface area contributed by atoms with Crippen molar-refractivity contribution < 1.29 is 14.3 Å². The monoisotopic (exact) mass is 369 g/mol. The zero-order valence-electron chi connectivity index (χ0n) is 19.2. The Bertz CT molecular complexity index is 483. The first-order valence-electron chi connectivity index (χ1n) is 10.1. The van der Waals surface area contributed by atoms with Gasteiger partial charge >= 0.3 is 6.09 Å². The minimum atomic E-state index is -0.197. The van der Waals surface area contributed by atoms with Crippen LogP contribution in [0.25, 0.3) is 0 Å². The van der Waals surface area contributed by atoms with E-state index < -0.39 is 0 Å². The molecule has 0 N–H and O–H groups in total. The molecule has 0 radical (unpaired) electrons. The minimum absolute atomic E-state index is 0.0783. The summed E-state index contributed by atoms with van der Waals surface area (Å²) in [6.45, 7) is 21.8. The Kier molecular flexibility index (Phi) is 6.88. The summed E-state index contributed by atoms with van der Waals surface area (Å²) in [7, 11) is 1.45. The third kappa shape index (κ3) is 5.87. The Morgan fingerprint density at radius 1 is 0.962 bits per heavy atom. The molecule has 0 aromatic carbocycles. The van der Waals surface area contributed by atoms with E-state index >= 15 is 0 Å². The van der Waals surface area contributed by atoms with Crippen molar-refractivity contribution in [1.29, 1.82) is 0 Å². The highest BCUT2D eigenvalue weighted by molar-refractivity contribution is 5.69. The van der Waals surface area contributed by atoms with Gasteiger partial charge in [0, 0.05) is 11.6 Å². The Hall–Kier alpha value is -0.770. The first-order valence-corrected chi connectivity index (χ1v) is 10.1. The molecule has 4 heteroatoms. The van der Waals surface area contributed by atoms with Crippen molar-refractivity contribution in [1.82, 2.24) is 4.90 Å². The van der Waals surface area contributed by atoms with Gasteiger partial charge < -0.3 is 9.47 Å². The van der Waals surface area contributed by atoms with Crippen LogP contribution in [-0.2, 0) is 9.47 Å². The quantitative estimate of drug-likeness (QED) is 0.523. The highest BCUT2D eigenvalue weighted by atomic mass is 16.5. The number of hydrogen-bond acceptors (Lipinski definition) is 3. The highest BCUT2D eigenvalue weighted by Crippen LogP contribution is 2.41. The van der Waals surface area contributed by atoms with Crippen molar-refractivity contribution in [3.8, 4) is 0 Å². The van der Waals surface area contributed by atoms with E-state index in [2.05, 4.69) is 69.2 Å². The van der Waals surface area contributed by atoms with Gasteiger partial charge in [0.1, 0.15) is 0 Å². The predicted molar refractivity (Wildman–Crippen MR) is 108 cm³/mol. The molecule has 4 nitrogen and oxygen atoms in total. The van der Waals surface area contributed by atoms with Crippen LogP contribution >= 0.6 is 0 Å². The number of amides is 1. The van der Waals surface area contributed by atoms with Crippen LogP contribution in [0.1, 0.15) is 94.9 Å². The Morgan fingerprint density at radius 2 is 1.50 bits per heavy atom. The average molecular weight is 370 g/mol. The molecule has 2 rings (SSSR count). The van der Waals surface area contributed by atoms with Gasteiger partial charge in [-0.1, -0.05) is 41.5 Å². The van der Waals surface area contributed by atoms with E-state index in [1.807, 2.05) is 4.90 Å². The molecule has 2 saturated heterocycles. The fraction of sp³-hybridized carbons (Fsp3) is 0.955. The second-order valence-corrected chi connectivity index (χ2v) is 11.3. The smallest absolute Gasteiger partial charge is 0.410 e. The van der Waals surface area contributed by atoms with Crippen LogP contribution in [0.5, 0.6) is 0 Å². The predicted octanol–water partition coefficient (Wildman–Crippen LogP) is 6.03. The summed E-state index contributed by atoms with van der Waals surface area (Å²) in [5, 5.41) is 0. The van der Waals surface area contributed by atoms with Crippen molar-refractivity contribution in [2.45, 2.75) is 118 Å². The third-order valence-electron chi connectivity index (χ3n) is 5.80. The Balaban J connectivity index is 0.000000273. The van der Waals surface area contributed by atoms with Crippen LogP contribution in [-0.4, -0.2) is 41.4 Å². The fourth-order valence-electron chi connectivity index (χ4n) is 4.05. The number of ether oxygens (including phenoxy) is 2. The molecule has 2 aliphatic rings. The van der Waals surface area contributed by atoms with E-state index in [4.69, 9.17) is 9.47 Å². The summed E-state index contributed by atoms with van der Waals surface area (Å²) in [6.07, 6.45) is 4.79. The second-order valence-electron chi connectivity index (χ2n) is 11.3. The second kappa shape index (κ2) is 7.69. The molecule has 154 valence electrons. The van der Waals surface area contributed by atoms with Gasteiger partial charge in [-0.15, -0.1) is 0 Å². The van der Waals surface area contributed by atoms with Gasteiger partial charge in [0.25, 0.3) is 0 Å². The summed E-state index contributed by atoms with van der Waals surface area (Å²) in [6, 6.07) is 0.278. The lowest BCUT2D eigenvalue weighted by Crippen LogP contribution is -2.51. The van der Waals surface area contributed by atoms with Gasteiger partial charge in [-0.2, -0.15) is 0 Å². The summed E-state index contributed by atoms with van der Waals surface area (Å²) < 4.78 is 10.8. The van der Waals surface area contributed by atoms with E-state index in [1.54, 1.807) is 0 Å². The summed E-state index contributed by atoms with van der Waals surface area (Å²) in [5.41, 5.74) is 0.471. The van der Waals surface area contributed by atoms with Gasteiger partial charge in [0.2, 0.25) is 0 Å². The SMILES string of the molecule is CC1(C)CCC(C(C)(C)C)O1.COC(=O)N1C(C(C)(C)C)CCC1(C)C. The molecular weight excluding hydrogens is 326 g/mol. The number of nitrogens with zero attached hydrogens (tertiary/aromatic N) is 1. The van der Waals surface area contributed by atoms with Crippen LogP contribution in [0.15, 0.2) is 0 Å². The number of carbonyl (C=O) groups is 1. The normalized spacial score (nSPS) is 27.7. The summed E-state index contributed by atoms with van der Waals surface area (Å²) in [5.74, 6) is 0.